The van der Waals surface area contributed by atoms with Crippen LogP contribution in [0.3, 0.4) is 0 Å². The van der Waals surface area contributed by atoms with Gasteiger partial charge in [0.1, 0.15) is 11.5 Å². The van der Waals surface area contributed by atoms with Gasteiger partial charge in [-0.05, 0) is 55.7 Å². The van der Waals surface area contributed by atoms with Gasteiger partial charge in [-0.15, -0.1) is 0 Å². The molecule has 0 saturated carbocycles. The zero-order valence-electron chi connectivity index (χ0n) is 15.3. The number of para-hydroxylation sites is 1. The normalized spacial score (nSPS) is 10.1. The van der Waals surface area contributed by atoms with Crippen LogP contribution in [0.2, 0.25) is 0 Å². The summed E-state index contributed by atoms with van der Waals surface area (Å²) in [6, 6.07) is 12.6. The van der Waals surface area contributed by atoms with Crippen LogP contribution in [0.4, 0.5) is 0 Å². The van der Waals surface area contributed by atoms with E-state index < -0.39 is 11.8 Å². The fourth-order valence-electron chi connectivity index (χ4n) is 2.42. The Bertz CT molecular complexity index is 774. The molecule has 0 unspecified atom stereocenters. The Hall–Kier alpha value is -3.02. The Balaban J connectivity index is 1.85. The van der Waals surface area contributed by atoms with Gasteiger partial charge in [-0.3, -0.25) is 20.4 Å². The van der Waals surface area contributed by atoms with Crippen LogP contribution in [-0.4, -0.2) is 25.0 Å². The van der Waals surface area contributed by atoms with Gasteiger partial charge in [-0.25, -0.2) is 0 Å². The van der Waals surface area contributed by atoms with Gasteiger partial charge < -0.3 is 9.47 Å². The van der Waals surface area contributed by atoms with E-state index >= 15 is 0 Å². The first-order valence-corrected chi connectivity index (χ1v) is 8.58. The molecule has 6 nitrogen and oxygen atoms in total. The number of carbonyl (C=O) groups excluding carboxylic acids is 2. The highest BCUT2D eigenvalue weighted by Crippen LogP contribution is 2.19. The molecular weight excluding hydrogens is 332 g/mol. The summed E-state index contributed by atoms with van der Waals surface area (Å²) in [6.07, 6.45) is 0.811. The molecule has 138 valence electrons. The molecule has 2 amide bonds. The minimum atomic E-state index is -0.438. The van der Waals surface area contributed by atoms with Crippen LogP contribution in [0.5, 0.6) is 11.5 Å². The van der Waals surface area contributed by atoms with Crippen molar-refractivity contribution in [2.24, 2.45) is 0 Å². The highest BCUT2D eigenvalue weighted by atomic mass is 16.5. The first-order valence-electron chi connectivity index (χ1n) is 8.58. The minimum absolute atomic E-state index is 0.181. The summed E-state index contributed by atoms with van der Waals surface area (Å²) in [7, 11) is 0. The van der Waals surface area contributed by atoms with E-state index in [0.717, 1.165) is 23.3 Å². The van der Waals surface area contributed by atoms with Crippen molar-refractivity contribution in [3.63, 3.8) is 0 Å². The molecule has 2 aromatic rings. The van der Waals surface area contributed by atoms with Crippen molar-refractivity contribution in [2.75, 3.05) is 13.2 Å². The Morgan fingerprint density at radius 2 is 1.73 bits per heavy atom. The van der Waals surface area contributed by atoms with E-state index in [1.807, 2.05) is 45.0 Å². The molecule has 2 N–H and O–H groups in total. The van der Waals surface area contributed by atoms with Crippen molar-refractivity contribution in [1.29, 1.82) is 0 Å². The molecular formula is C20H24N2O4. The Morgan fingerprint density at radius 1 is 0.962 bits per heavy atom. The number of amides is 2. The lowest BCUT2D eigenvalue weighted by atomic mass is 10.1. The van der Waals surface area contributed by atoms with Gasteiger partial charge in [0.15, 0.2) is 6.61 Å². The maximum atomic E-state index is 12.1. The molecule has 0 radical (unpaired) electrons. The smallest absolute Gasteiger partial charge is 0.276 e. The van der Waals surface area contributed by atoms with Crippen molar-refractivity contribution in [3.05, 3.63) is 59.2 Å². The zero-order chi connectivity index (χ0) is 18.9. The van der Waals surface area contributed by atoms with Crippen LogP contribution in [-0.2, 0) is 11.2 Å². The van der Waals surface area contributed by atoms with E-state index in [1.54, 1.807) is 18.2 Å². The zero-order valence-corrected chi connectivity index (χ0v) is 15.3. The summed E-state index contributed by atoms with van der Waals surface area (Å²) in [5, 5.41) is 0. The van der Waals surface area contributed by atoms with Gasteiger partial charge in [0.25, 0.3) is 11.8 Å². The second kappa shape index (κ2) is 9.46. The predicted molar refractivity (Wildman–Crippen MR) is 99.3 cm³/mol. The third-order valence-corrected chi connectivity index (χ3v) is 3.76. The van der Waals surface area contributed by atoms with E-state index in [9.17, 15) is 9.59 Å². The summed E-state index contributed by atoms with van der Waals surface area (Å²) >= 11 is 0. The largest absolute Gasteiger partial charge is 0.494 e. The molecule has 6 heteroatoms. The van der Waals surface area contributed by atoms with Gasteiger partial charge in [0, 0.05) is 5.56 Å². The first-order chi connectivity index (χ1) is 12.5. The van der Waals surface area contributed by atoms with Crippen LogP contribution in [0.15, 0.2) is 42.5 Å². The minimum Gasteiger partial charge on any atom is -0.494 e. The van der Waals surface area contributed by atoms with Crippen molar-refractivity contribution < 1.29 is 19.1 Å². The van der Waals surface area contributed by atoms with E-state index in [-0.39, 0.29) is 6.61 Å². The number of benzene rings is 2. The van der Waals surface area contributed by atoms with Crippen LogP contribution >= 0.6 is 0 Å². The molecule has 0 aliphatic heterocycles. The molecule has 2 rings (SSSR count). The van der Waals surface area contributed by atoms with Gasteiger partial charge in [0.2, 0.25) is 0 Å². The van der Waals surface area contributed by atoms with Gasteiger partial charge in [0.05, 0.1) is 6.61 Å². The highest BCUT2D eigenvalue weighted by Gasteiger charge is 2.10. The molecule has 0 aromatic heterocycles. The second-order valence-corrected chi connectivity index (χ2v) is 5.67. The molecule has 26 heavy (non-hydrogen) atoms. The number of hydrogen-bond acceptors (Lipinski definition) is 4. The molecule has 0 spiro atoms. The maximum absolute atomic E-state index is 12.1. The Morgan fingerprint density at radius 3 is 2.42 bits per heavy atom. The highest BCUT2D eigenvalue weighted by molar-refractivity contribution is 5.95. The molecule has 0 aliphatic carbocycles. The monoisotopic (exact) mass is 356 g/mol. The summed E-state index contributed by atoms with van der Waals surface area (Å²) in [6.45, 7) is 6.15. The van der Waals surface area contributed by atoms with Crippen LogP contribution in [0, 0.1) is 6.92 Å². The Kier molecular flexibility index (Phi) is 7.02. The Labute approximate surface area is 153 Å². The summed E-state index contributed by atoms with van der Waals surface area (Å²) < 4.78 is 11.0. The van der Waals surface area contributed by atoms with Crippen LogP contribution in [0.25, 0.3) is 0 Å². The van der Waals surface area contributed by atoms with Gasteiger partial charge in [-0.2, -0.15) is 0 Å². The average Bonchev–Trinajstić information content (AvgIpc) is 2.66. The van der Waals surface area contributed by atoms with Crippen molar-refractivity contribution in [3.8, 4) is 11.5 Å². The standard InChI is InChI=1S/C20H24N2O4/c1-4-15-8-6-7-9-18(15)26-13-19(23)21-22-20(24)16-10-11-17(25-5-2)14(3)12-16/h6-12H,4-5,13H2,1-3H3,(H,21,23)(H,22,24). The molecule has 0 atom stereocenters. The maximum Gasteiger partial charge on any atom is 0.276 e. The number of nitrogens with one attached hydrogen (secondary N) is 2. The van der Waals surface area contributed by atoms with E-state index in [2.05, 4.69) is 10.9 Å². The van der Waals surface area contributed by atoms with E-state index in [1.165, 1.54) is 0 Å². The van der Waals surface area contributed by atoms with Crippen molar-refractivity contribution in [2.45, 2.75) is 27.2 Å². The van der Waals surface area contributed by atoms with Gasteiger partial charge >= 0.3 is 0 Å². The SMILES string of the molecule is CCOc1ccc(C(=O)NNC(=O)COc2ccccc2CC)cc1C. The third kappa shape index (κ3) is 5.24. The lowest BCUT2D eigenvalue weighted by Crippen LogP contribution is -2.43. The lowest BCUT2D eigenvalue weighted by molar-refractivity contribution is -0.123. The van der Waals surface area contributed by atoms with Crippen molar-refractivity contribution >= 4 is 11.8 Å². The number of hydrogen-bond donors (Lipinski definition) is 2. The van der Waals surface area contributed by atoms with E-state index in [4.69, 9.17) is 9.47 Å². The predicted octanol–water partition coefficient (Wildman–Crippen LogP) is 2.80. The van der Waals surface area contributed by atoms with Crippen LogP contribution in [0.1, 0.15) is 35.3 Å². The number of carbonyl (C=O) groups is 2. The fourth-order valence-corrected chi connectivity index (χ4v) is 2.42. The molecule has 2 aromatic carbocycles. The average molecular weight is 356 g/mol. The number of aryl methyl sites for hydroxylation is 2. The summed E-state index contributed by atoms with van der Waals surface area (Å²) in [5.74, 6) is 0.556. The topological polar surface area (TPSA) is 76.7 Å². The molecule has 0 heterocycles. The molecule has 0 saturated heterocycles. The number of ether oxygens (including phenoxy) is 2. The molecule has 0 aliphatic rings. The summed E-state index contributed by atoms with van der Waals surface area (Å²) in [4.78, 5) is 24.0. The second-order valence-electron chi connectivity index (χ2n) is 5.67. The quantitative estimate of drug-likeness (QED) is 0.748. The molecule has 0 fully saturated rings. The summed E-state index contributed by atoms with van der Waals surface area (Å²) in [5.41, 5.74) is 7.04. The number of hydrazine groups is 1. The van der Waals surface area contributed by atoms with E-state index in [0.29, 0.717) is 17.9 Å². The third-order valence-electron chi connectivity index (χ3n) is 3.76. The van der Waals surface area contributed by atoms with Crippen molar-refractivity contribution in [1.82, 2.24) is 10.9 Å². The fraction of sp³-hybridized carbons (Fsp3) is 0.300. The number of rotatable bonds is 7. The first kappa shape index (κ1) is 19.3. The van der Waals surface area contributed by atoms with Crippen LogP contribution < -0.4 is 20.3 Å². The van der Waals surface area contributed by atoms with Gasteiger partial charge in [-0.1, -0.05) is 25.1 Å². The molecule has 0 bridgehead atoms. The lowest BCUT2D eigenvalue weighted by Gasteiger charge is -2.12.